The zero-order valence-corrected chi connectivity index (χ0v) is 15.0. The predicted octanol–water partition coefficient (Wildman–Crippen LogP) is 2.14. The van der Waals surface area contributed by atoms with Gasteiger partial charge in [0.25, 0.3) is 5.69 Å². The van der Waals surface area contributed by atoms with Gasteiger partial charge in [0.1, 0.15) is 0 Å². The molecular weight excluding hydrogens is 394 g/mol. The van der Waals surface area contributed by atoms with E-state index in [0.29, 0.717) is 5.56 Å². The molecule has 2 N–H and O–H groups in total. The lowest BCUT2D eigenvalue weighted by atomic mass is 10.2. The van der Waals surface area contributed by atoms with Gasteiger partial charge < -0.3 is 15.2 Å². The van der Waals surface area contributed by atoms with Crippen LogP contribution in [0.25, 0.3) is 6.08 Å². The van der Waals surface area contributed by atoms with E-state index in [-0.39, 0.29) is 27.1 Å². The molecule has 0 atom stereocenters. The van der Waals surface area contributed by atoms with Gasteiger partial charge in [-0.05, 0) is 41.6 Å². The van der Waals surface area contributed by atoms with Crippen LogP contribution in [0.3, 0.4) is 0 Å². The average molecular weight is 405 g/mol. The van der Waals surface area contributed by atoms with E-state index in [1.54, 1.807) is 6.07 Å². The Kier molecular flexibility index (Phi) is 6.58. The number of hydrogen-bond donors (Lipinski definition) is 2. The first-order valence-electron chi connectivity index (χ1n) is 7.31. The second kappa shape index (κ2) is 8.88. The van der Waals surface area contributed by atoms with Crippen LogP contribution in [0.1, 0.15) is 15.9 Å². The minimum atomic E-state index is -1.38. The lowest BCUT2D eigenvalue weighted by Crippen LogP contribution is -2.33. The largest absolute Gasteiger partial charge is 0.545 e. The number of rotatable bonds is 5. The maximum absolute atomic E-state index is 11.9. The topological polar surface area (TPSA) is 124 Å². The summed E-state index contributed by atoms with van der Waals surface area (Å²) in [5, 5.41) is 26.7. The van der Waals surface area contributed by atoms with Crippen molar-refractivity contribution >= 4 is 58.3 Å². The number of amides is 1. The molecule has 2 aromatic carbocycles. The molecule has 0 spiro atoms. The van der Waals surface area contributed by atoms with Gasteiger partial charge in [0.05, 0.1) is 21.6 Å². The van der Waals surface area contributed by atoms with Crippen LogP contribution in [0.5, 0.6) is 0 Å². The van der Waals surface area contributed by atoms with Crippen LogP contribution < -0.4 is 15.7 Å². The summed E-state index contributed by atoms with van der Waals surface area (Å²) in [7, 11) is 0. The Morgan fingerprint density at radius 3 is 2.59 bits per heavy atom. The third-order valence-corrected chi connectivity index (χ3v) is 3.73. The van der Waals surface area contributed by atoms with Gasteiger partial charge in [0, 0.05) is 18.2 Å². The Hall–Kier alpha value is -3.30. The molecule has 0 bridgehead atoms. The zero-order valence-electron chi connectivity index (χ0n) is 13.5. The van der Waals surface area contributed by atoms with Crippen molar-refractivity contribution in [1.29, 1.82) is 0 Å². The number of carbonyl (C=O) groups excluding carboxylic acids is 2. The number of carbonyl (C=O) groups is 2. The molecule has 27 heavy (non-hydrogen) atoms. The predicted molar refractivity (Wildman–Crippen MR) is 102 cm³/mol. The SMILES string of the molecule is O=C(/C=C/c1cccc([N+](=O)[O-])c1)NC(=S)Nc1cc(C(=O)[O-])ccc1Cl. The molecule has 0 heterocycles. The summed E-state index contributed by atoms with van der Waals surface area (Å²) >= 11 is 10.9. The highest BCUT2D eigenvalue weighted by Crippen LogP contribution is 2.22. The first-order chi connectivity index (χ1) is 12.8. The third-order valence-electron chi connectivity index (χ3n) is 3.20. The van der Waals surface area contributed by atoms with Crippen molar-refractivity contribution in [2.75, 3.05) is 5.32 Å². The quantitative estimate of drug-likeness (QED) is 0.338. The standard InChI is InChI=1S/C17H12ClN3O5S/c18-13-6-5-11(16(23)24)9-14(13)19-17(27)20-15(22)7-4-10-2-1-3-12(8-10)21(25)26/h1-9H,(H,23,24)(H2,19,20,22,27)/p-1/b7-4+. The minimum absolute atomic E-state index is 0.0998. The van der Waals surface area contributed by atoms with E-state index >= 15 is 0 Å². The van der Waals surface area contributed by atoms with E-state index < -0.39 is 16.8 Å². The van der Waals surface area contributed by atoms with Crippen LogP contribution in [0.2, 0.25) is 5.02 Å². The van der Waals surface area contributed by atoms with Gasteiger partial charge in [0.2, 0.25) is 5.91 Å². The molecule has 8 nitrogen and oxygen atoms in total. The van der Waals surface area contributed by atoms with E-state index in [9.17, 15) is 24.8 Å². The summed E-state index contributed by atoms with van der Waals surface area (Å²) in [6, 6.07) is 9.57. The Balaban J connectivity index is 2.01. The number of nitrogens with zero attached hydrogens (tertiary/aromatic N) is 1. The highest BCUT2D eigenvalue weighted by atomic mass is 35.5. The van der Waals surface area contributed by atoms with Crippen LogP contribution in [0.15, 0.2) is 48.5 Å². The van der Waals surface area contributed by atoms with Crippen molar-refractivity contribution < 1.29 is 19.6 Å². The molecule has 0 saturated carbocycles. The molecule has 0 aliphatic heterocycles. The van der Waals surface area contributed by atoms with Gasteiger partial charge >= 0.3 is 0 Å². The molecule has 2 aromatic rings. The molecule has 0 unspecified atom stereocenters. The number of hydrogen-bond acceptors (Lipinski definition) is 6. The van der Waals surface area contributed by atoms with Gasteiger partial charge in [0.15, 0.2) is 5.11 Å². The molecule has 1 amide bonds. The Morgan fingerprint density at radius 1 is 1.19 bits per heavy atom. The van der Waals surface area contributed by atoms with Gasteiger partial charge in [-0.1, -0.05) is 29.8 Å². The molecule has 138 valence electrons. The van der Waals surface area contributed by atoms with Crippen LogP contribution >= 0.6 is 23.8 Å². The number of non-ortho nitro benzene ring substituents is 1. The molecule has 10 heteroatoms. The number of anilines is 1. The number of carboxylic acids is 1. The minimum Gasteiger partial charge on any atom is -0.545 e. The fraction of sp³-hybridized carbons (Fsp3) is 0. The van der Waals surface area contributed by atoms with E-state index in [4.69, 9.17) is 23.8 Å². The lowest BCUT2D eigenvalue weighted by Gasteiger charge is -2.12. The van der Waals surface area contributed by atoms with Crippen molar-refractivity contribution in [1.82, 2.24) is 5.32 Å². The maximum atomic E-state index is 11.9. The van der Waals surface area contributed by atoms with E-state index in [2.05, 4.69) is 10.6 Å². The normalized spacial score (nSPS) is 10.4. The number of nitro groups is 1. The van der Waals surface area contributed by atoms with E-state index in [1.165, 1.54) is 42.5 Å². The van der Waals surface area contributed by atoms with E-state index in [1.807, 2.05) is 0 Å². The summed E-state index contributed by atoms with van der Waals surface area (Å²) in [5.74, 6) is -1.98. The van der Waals surface area contributed by atoms with Crippen LogP contribution in [0, 0.1) is 10.1 Å². The molecular formula is C17H11ClN3O5S-. The fourth-order valence-corrected chi connectivity index (χ4v) is 2.34. The molecule has 0 aromatic heterocycles. The van der Waals surface area contributed by atoms with Crippen molar-refractivity contribution in [3.8, 4) is 0 Å². The Morgan fingerprint density at radius 2 is 1.93 bits per heavy atom. The van der Waals surface area contributed by atoms with Gasteiger partial charge in [-0.25, -0.2) is 0 Å². The summed E-state index contributed by atoms with van der Waals surface area (Å²) in [6.07, 6.45) is 2.53. The molecule has 0 radical (unpaired) electrons. The number of aromatic carboxylic acids is 1. The third kappa shape index (κ3) is 5.87. The molecule has 2 rings (SSSR count). The first-order valence-corrected chi connectivity index (χ1v) is 8.10. The Bertz CT molecular complexity index is 961. The average Bonchev–Trinajstić information content (AvgIpc) is 2.61. The molecule has 0 saturated heterocycles. The van der Waals surface area contributed by atoms with Gasteiger partial charge in [-0.15, -0.1) is 0 Å². The molecule has 0 aliphatic rings. The van der Waals surface area contributed by atoms with Crippen molar-refractivity contribution in [2.24, 2.45) is 0 Å². The van der Waals surface area contributed by atoms with E-state index in [0.717, 1.165) is 6.08 Å². The second-order valence-corrected chi connectivity index (χ2v) is 5.93. The number of halogens is 1. The molecule has 0 fully saturated rings. The van der Waals surface area contributed by atoms with Crippen molar-refractivity contribution in [3.63, 3.8) is 0 Å². The maximum Gasteiger partial charge on any atom is 0.270 e. The summed E-state index contributed by atoms with van der Waals surface area (Å²) in [6.45, 7) is 0. The van der Waals surface area contributed by atoms with Gasteiger partial charge in [-0.2, -0.15) is 0 Å². The summed E-state index contributed by atoms with van der Waals surface area (Å²) < 4.78 is 0. The van der Waals surface area contributed by atoms with Crippen LogP contribution in [-0.2, 0) is 4.79 Å². The zero-order chi connectivity index (χ0) is 20.0. The number of carboxylic acid groups (broad SMARTS) is 1. The highest BCUT2D eigenvalue weighted by Gasteiger charge is 2.07. The number of nitro benzene ring substituents is 1. The number of nitrogens with one attached hydrogen (secondary N) is 2. The molecule has 0 aliphatic carbocycles. The summed E-state index contributed by atoms with van der Waals surface area (Å²) in [4.78, 5) is 33.0. The van der Waals surface area contributed by atoms with Crippen LogP contribution in [-0.4, -0.2) is 21.9 Å². The number of thiocarbonyl (C=S) groups is 1. The lowest BCUT2D eigenvalue weighted by molar-refractivity contribution is -0.384. The fourth-order valence-electron chi connectivity index (χ4n) is 1.97. The first kappa shape index (κ1) is 20.0. The van der Waals surface area contributed by atoms with Crippen LogP contribution in [0.4, 0.5) is 11.4 Å². The number of benzene rings is 2. The smallest absolute Gasteiger partial charge is 0.270 e. The monoisotopic (exact) mass is 404 g/mol. The Labute approximate surface area is 163 Å². The van der Waals surface area contributed by atoms with Gasteiger partial charge in [-0.3, -0.25) is 20.2 Å². The second-order valence-electron chi connectivity index (χ2n) is 5.11. The summed E-state index contributed by atoms with van der Waals surface area (Å²) in [5.41, 5.74) is 0.438. The van der Waals surface area contributed by atoms with Crippen molar-refractivity contribution in [2.45, 2.75) is 0 Å². The van der Waals surface area contributed by atoms with Crippen molar-refractivity contribution in [3.05, 3.63) is 74.8 Å². The highest BCUT2D eigenvalue weighted by molar-refractivity contribution is 7.80.